The first-order valence-corrected chi connectivity index (χ1v) is 7.06. The highest BCUT2D eigenvalue weighted by atomic mass is 32.2. The zero-order chi connectivity index (χ0) is 12.1. The summed E-state index contributed by atoms with van der Waals surface area (Å²) in [5, 5.41) is 2.93. The van der Waals surface area contributed by atoms with Gasteiger partial charge >= 0.3 is 0 Å². The van der Waals surface area contributed by atoms with Crippen LogP contribution in [0, 0.1) is 6.92 Å². The van der Waals surface area contributed by atoms with Crippen LogP contribution in [0.4, 0.5) is 5.69 Å². The lowest BCUT2D eigenvalue weighted by Crippen LogP contribution is -2.38. The van der Waals surface area contributed by atoms with Crippen molar-refractivity contribution in [2.24, 2.45) is 0 Å². The second-order valence-electron chi connectivity index (χ2n) is 4.30. The van der Waals surface area contributed by atoms with Crippen LogP contribution in [-0.4, -0.2) is 41.9 Å². The van der Waals surface area contributed by atoms with Gasteiger partial charge in [-0.3, -0.25) is 9.69 Å². The molecule has 1 aromatic carbocycles. The molecule has 0 aliphatic carbocycles. The first kappa shape index (κ1) is 12.5. The number of nitrogens with one attached hydrogen (secondary N) is 1. The molecule has 1 heterocycles. The lowest BCUT2D eigenvalue weighted by atomic mass is 10.2. The fraction of sp³-hybridized carbons (Fsp3) is 0.462. The van der Waals surface area contributed by atoms with Gasteiger partial charge in [-0.15, -0.1) is 0 Å². The molecule has 17 heavy (non-hydrogen) atoms. The topological polar surface area (TPSA) is 32.3 Å². The van der Waals surface area contributed by atoms with Crippen molar-refractivity contribution < 1.29 is 4.79 Å². The molecule has 0 unspecified atom stereocenters. The van der Waals surface area contributed by atoms with Gasteiger partial charge in [0.1, 0.15) is 0 Å². The van der Waals surface area contributed by atoms with E-state index in [0.29, 0.717) is 6.54 Å². The number of anilines is 1. The van der Waals surface area contributed by atoms with Crippen LogP contribution in [0.5, 0.6) is 0 Å². The molecule has 1 aliphatic rings. The molecule has 0 radical (unpaired) electrons. The molecule has 0 aromatic heterocycles. The molecule has 1 aliphatic heterocycles. The van der Waals surface area contributed by atoms with Gasteiger partial charge in [-0.05, 0) is 19.1 Å². The Hall–Kier alpha value is -1.00. The summed E-state index contributed by atoms with van der Waals surface area (Å²) < 4.78 is 0. The second-order valence-corrected chi connectivity index (χ2v) is 5.53. The van der Waals surface area contributed by atoms with Gasteiger partial charge in [0.2, 0.25) is 5.91 Å². The molecule has 1 saturated heterocycles. The lowest BCUT2D eigenvalue weighted by molar-refractivity contribution is -0.117. The van der Waals surface area contributed by atoms with Crippen molar-refractivity contribution >= 4 is 23.4 Å². The van der Waals surface area contributed by atoms with Crippen molar-refractivity contribution in [3.63, 3.8) is 0 Å². The number of rotatable bonds is 3. The minimum absolute atomic E-state index is 0.0840. The zero-order valence-corrected chi connectivity index (χ0v) is 10.9. The fourth-order valence-corrected chi connectivity index (χ4v) is 2.78. The lowest BCUT2D eigenvalue weighted by Gasteiger charge is -2.25. The number of nitrogens with zero attached hydrogens (tertiary/aromatic N) is 1. The van der Waals surface area contributed by atoms with E-state index in [1.807, 2.05) is 43.0 Å². The molecule has 1 fully saturated rings. The molecule has 0 saturated carbocycles. The summed E-state index contributed by atoms with van der Waals surface area (Å²) in [5.74, 6) is 2.36. The molecular weight excluding hydrogens is 232 g/mol. The maximum Gasteiger partial charge on any atom is 0.238 e. The quantitative estimate of drug-likeness (QED) is 0.890. The molecule has 1 N–H and O–H groups in total. The average molecular weight is 250 g/mol. The predicted octanol–water partition coefficient (Wildman–Crippen LogP) is 1.98. The normalized spacial score (nSPS) is 16.8. The maximum absolute atomic E-state index is 11.8. The summed E-state index contributed by atoms with van der Waals surface area (Å²) in [6, 6.07) is 7.90. The molecule has 0 spiro atoms. The third-order valence-electron chi connectivity index (χ3n) is 2.81. The third kappa shape index (κ3) is 4.06. The summed E-state index contributed by atoms with van der Waals surface area (Å²) in [4.78, 5) is 14.0. The SMILES string of the molecule is Cc1ccc(NC(=O)CN2CCSCC2)cc1. The minimum Gasteiger partial charge on any atom is -0.325 e. The largest absolute Gasteiger partial charge is 0.325 e. The van der Waals surface area contributed by atoms with E-state index in [2.05, 4.69) is 10.2 Å². The van der Waals surface area contributed by atoms with E-state index in [4.69, 9.17) is 0 Å². The van der Waals surface area contributed by atoms with Crippen LogP contribution in [-0.2, 0) is 4.79 Å². The molecule has 3 nitrogen and oxygen atoms in total. The smallest absolute Gasteiger partial charge is 0.238 e. The summed E-state index contributed by atoms with van der Waals surface area (Å²) in [6.07, 6.45) is 0. The Morgan fingerprint density at radius 1 is 1.29 bits per heavy atom. The zero-order valence-electron chi connectivity index (χ0n) is 10.1. The molecule has 0 atom stereocenters. The van der Waals surface area contributed by atoms with Crippen molar-refractivity contribution in [1.29, 1.82) is 0 Å². The third-order valence-corrected chi connectivity index (χ3v) is 3.75. The highest BCUT2D eigenvalue weighted by Gasteiger charge is 2.13. The van der Waals surface area contributed by atoms with Gasteiger partial charge < -0.3 is 5.32 Å². The number of amides is 1. The molecule has 92 valence electrons. The number of hydrogen-bond acceptors (Lipinski definition) is 3. The van der Waals surface area contributed by atoms with E-state index in [9.17, 15) is 4.79 Å². The number of benzene rings is 1. The summed E-state index contributed by atoms with van der Waals surface area (Å²) in [6.45, 7) is 4.59. The van der Waals surface area contributed by atoms with Crippen LogP contribution in [0.15, 0.2) is 24.3 Å². The van der Waals surface area contributed by atoms with Crippen molar-refractivity contribution in [2.75, 3.05) is 36.5 Å². The Morgan fingerprint density at radius 2 is 1.94 bits per heavy atom. The van der Waals surface area contributed by atoms with Crippen LogP contribution in [0.2, 0.25) is 0 Å². The van der Waals surface area contributed by atoms with Gasteiger partial charge in [-0.1, -0.05) is 17.7 Å². The number of carbonyl (C=O) groups is 1. The standard InChI is InChI=1S/C13H18N2OS/c1-11-2-4-12(5-3-11)14-13(16)10-15-6-8-17-9-7-15/h2-5H,6-10H2,1H3,(H,14,16). The highest BCUT2D eigenvalue weighted by Crippen LogP contribution is 2.10. The van der Waals surface area contributed by atoms with E-state index in [-0.39, 0.29) is 5.91 Å². The molecule has 1 aromatic rings. The monoisotopic (exact) mass is 250 g/mol. The highest BCUT2D eigenvalue weighted by molar-refractivity contribution is 7.99. The van der Waals surface area contributed by atoms with E-state index in [0.717, 1.165) is 30.3 Å². The van der Waals surface area contributed by atoms with Crippen LogP contribution in [0.25, 0.3) is 0 Å². The summed E-state index contributed by atoms with van der Waals surface area (Å²) in [7, 11) is 0. The molecule has 2 rings (SSSR count). The van der Waals surface area contributed by atoms with E-state index in [1.165, 1.54) is 5.56 Å². The van der Waals surface area contributed by atoms with Gasteiger partial charge in [0.15, 0.2) is 0 Å². The van der Waals surface area contributed by atoms with Crippen molar-refractivity contribution in [3.8, 4) is 0 Å². The van der Waals surface area contributed by atoms with E-state index >= 15 is 0 Å². The van der Waals surface area contributed by atoms with Crippen molar-refractivity contribution in [2.45, 2.75) is 6.92 Å². The van der Waals surface area contributed by atoms with Crippen molar-refractivity contribution in [1.82, 2.24) is 4.90 Å². The Kier molecular flexibility index (Phi) is 4.45. The van der Waals surface area contributed by atoms with Crippen LogP contribution >= 0.6 is 11.8 Å². The number of hydrogen-bond donors (Lipinski definition) is 1. The predicted molar refractivity (Wildman–Crippen MR) is 73.6 cm³/mol. The van der Waals surface area contributed by atoms with Gasteiger partial charge in [0.05, 0.1) is 6.54 Å². The first-order chi connectivity index (χ1) is 8.24. The number of aryl methyl sites for hydroxylation is 1. The van der Waals surface area contributed by atoms with Gasteiger partial charge in [-0.2, -0.15) is 11.8 Å². The maximum atomic E-state index is 11.8. The number of thioether (sulfide) groups is 1. The van der Waals surface area contributed by atoms with E-state index < -0.39 is 0 Å². The molecule has 4 heteroatoms. The summed E-state index contributed by atoms with van der Waals surface area (Å²) >= 11 is 1.96. The van der Waals surface area contributed by atoms with E-state index in [1.54, 1.807) is 0 Å². The molecule has 0 bridgehead atoms. The van der Waals surface area contributed by atoms with Gasteiger partial charge in [-0.25, -0.2) is 0 Å². The first-order valence-electron chi connectivity index (χ1n) is 5.91. The van der Waals surface area contributed by atoms with Crippen LogP contribution in [0.3, 0.4) is 0 Å². The second kappa shape index (κ2) is 6.07. The van der Waals surface area contributed by atoms with Gasteiger partial charge in [0, 0.05) is 30.3 Å². The fourth-order valence-electron chi connectivity index (χ4n) is 1.80. The molecular formula is C13H18N2OS. The van der Waals surface area contributed by atoms with Crippen LogP contribution in [0.1, 0.15) is 5.56 Å². The Morgan fingerprint density at radius 3 is 2.59 bits per heavy atom. The van der Waals surface area contributed by atoms with Crippen molar-refractivity contribution in [3.05, 3.63) is 29.8 Å². The minimum atomic E-state index is 0.0840. The Balaban J connectivity index is 1.82. The van der Waals surface area contributed by atoms with Gasteiger partial charge in [0.25, 0.3) is 0 Å². The van der Waals surface area contributed by atoms with Crippen LogP contribution < -0.4 is 5.32 Å². The Bertz CT molecular complexity index is 372. The number of carbonyl (C=O) groups excluding carboxylic acids is 1. The molecule has 1 amide bonds. The average Bonchev–Trinajstić information content (AvgIpc) is 2.33. The summed E-state index contributed by atoms with van der Waals surface area (Å²) in [5.41, 5.74) is 2.09. The Labute approximate surface area is 107 Å².